The number of carbonyl (C=O) groups excluding carboxylic acids is 1. The number of morpholine rings is 1. The number of carbonyl (C=O) groups is 1. The lowest BCUT2D eigenvalue weighted by atomic mass is 9.98. The van der Waals surface area contributed by atoms with E-state index in [0.29, 0.717) is 18.8 Å². The molecule has 1 amide bonds. The largest absolute Gasteiger partial charge is 0.378 e. The van der Waals surface area contributed by atoms with Crippen LogP contribution in [-0.4, -0.2) is 59.4 Å². The van der Waals surface area contributed by atoms with Gasteiger partial charge in [-0.3, -0.25) is 14.9 Å². The Morgan fingerprint density at radius 1 is 1.13 bits per heavy atom. The van der Waals surface area contributed by atoms with Gasteiger partial charge in [-0.1, -0.05) is 12.1 Å². The van der Waals surface area contributed by atoms with Crippen LogP contribution in [0.2, 0.25) is 0 Å². The van der Waals surface area contributed by atoms with Crippen molar-refractivity contribution in [1.82, 2.24) is 25.5 Å². The van der Waals surface area contributed by atoms with Crippen LogP contribution in [0.5, 0.6) is 0 Å². The maximum Gasteiger partial charge on any atom is 0.251 e. The molecule has 1 fully saturated rings. The first-order valence-electron chi connectivity index (χ1n) is 10.2. The predicted molar refractivity (Wildman–Crippen MR) is 119 cm³/mol. The summed E-state index contributed by atoms with van der Waals surface area (Å²) in [6.45, 7) is 2.88. The standard InChI is InChI=1S/C23H22N6O2/c1-24-23(30)16-4-2-3-15(13-16)18-14-20(29-9-11-31-12-10-29)27-21-17(18)5-7-25-22(21)19-6-8-26-28-19/h2-8,13-14H,9-12H2,1H3,(H,24,30)(H,26,28). The number of anilines is 1. The first-order valence-corrected chi connectivity index (χ1v) is 10.2. The molecule has 1 aliphatic rings. The number of amides is 1. The average Bonchev–Trinajstić information content (AvgIpc) is 3.38. The maximum atomic E-state index is 12.2. The van der Waals surface area contributed by atoms with Crippen LogP contribution in [0.15, 0.2) is 54.9 Å². The molecular formula is C23H22N6O2. The summed E-state index contributed by atoms with van der Waals surface area (Å²) in [7, 11) is 1.63. The van der Waals surface area contributed by atoms with E-state index in [-0.39, 0.29) is 5.91 Å². The molecule has 4 heterocycles. The van der Waals surface area contributed by atoms with Gasteiger partial charge in [0.1, 0.15) is 17.0 Å². The Hall–Kier alpha value is -3.78. The number of fused-ring (bicyclic) bond motifs is 1. The van der Waals surface area contributed by atoms with Crippen LogP contribution in [0.1, 0.15) is 10.4 Å². The fourth-order valence-corrected chi connectivity index (χ4v) is 3.89. The molecule has 1 aliphatic heterocycles. The molecule has 1 saturated heterocycles. The number of aromatic amines is 1. The molecular weight excluding hydrogens is 392 g/mol. The molecule has 0 unspecified atom stereocenters. The lowest BCUT2D eigenvalue weighted by Crippen LogP contribution is -2.36. The molecule has 0 saturated carbocycles. The van der Waals surface area contributed by atoms with Gasteiger partial charge >= 0.3 is 0 Å². The topological polar surface area (TPSA) is 96.0 Å². The number of rotatable bonds is 4. The van der Waals surface area contributed by atoms with E-state index in [4.69, 9.17) is 9.72 Å². The van der Waals surface area contributed by atoms with Crippen molar-refractivity contribution < 1.29 is 9.53 Å². The van der Waals surface area contributed by atoms with Crippen LogP contribution in [0, 0.1) is 0 Å². The Morgan fingerprint density at radius 2 is 2.00 bits per heavy atom. The second-order valence-electron chi connectivity index (χ2n) is 7.31. The zero-order valence-electron chi connectivity index (χ0n) is 17.1. The van der Waals surface area contributed by atoms with E-state index in [9.17, 15) is 4.79 Å². The van der Waals surface area contributed by atoms with Crippen LogP contribution in [0.4, 0.5) is 5.82 Å². The Balaban J connectivity index is 1.75. The molecule has 1 aromatic carbocycles. The van der Waals surface area contributed by atoms with Crippen LogP contribution >= 0.6 is 0 Å². The molecule has 8 nitrogen and oxygen atoms in total. The van der Waals surface area contributed by atoms with Crippen molar-refractivity contribution in [3.63, 3.8) is 0 Å². The minimum Gasteiger partial charge on any atom is -0.378 e. The lowest BCUT2D eigenvalue weighted by molar-refractivity contribution is 0.0963. The van der Waals surface area contributed by atoms with Crippen molar-refractivity contribution >= 4 is 22.6 Å². The summed E-state index contributed by atoms with van der Waals surface area (Å²) in [5.74, 6) is 0.748. The highest BCUT2D eigenvalue weighted by molar-refractivity contribution is 6.03. The summed E-state index contributed by atoms with van der Waals surface area (Å²) < 4.78 is 5.52. The third-order valence-corrected chi connectivity index (χ3v) is 5.47. The van der Waals surface area contributed by atoms with Crippen LogP contribution in [-0.2, 0) is 4.74 Å². The highest BCUT2D eigenvalue weighted by Crippen LogP contribution is 2.35. The zero-order valence-corrected chi connectivity index (χ0v) is 17.1. The number of hydrogen-bond donors (Lipinski definition) is 2. The van der Waals surface area contributed by atoms with Gasteiger partial charge in [0.15, 0.2) is 0 Å². The van der Waals surface area contributed by atoms with Crippen LogP contribution in [0.3, 0.4) is 0 Å². The van der Waals surface area contributed by atoms with E-state index < -0.39 is 0 Å². The first-order chi connectivity index (χ1) is 15.2. The van der Waals surface area contributed by atoms with Gasteiger partial charge < -0.3 is 15.0 Å². The molecule has 156 valence electrons. The fourth-order valence-electron chi connectivity index (χ4n) is 3.89. The monoisotopic (exact) mass is 414 g/mol. The smallest absolute Gasteiger partial charge is 0.251 e. The van der Waals surface area contributed by atoms with Crippen LogP contribution in [0.25, 0.3) is 33.4 Å². The van der Waals surface area contributed by atoms with E-state index >= 15 is 0 Å². The number of H-pyrrole nitrogens is 1. The van der Waals surface area contributed by atoms with Gasteiger partial charge in [-0.25, -0.2) is 4.98 Å². The van der Waals surface area contributed by atoms with Crippen molar-refractivity contribution in [2.75, 3.05) is 38.3 Å². The summed E-state index contributed by atoms with van der Waals surface area (Å²) in [5.41, 5.74) is 4.90. The summed E-state index contributed by atoms with van der Waals surface area (Å²) in [6.07, 6.45) is 3.48. The minimum absolute atomic E-state index is 0.117. The molecule has 8 heteroatoms. The molecule has 0 aliphatic carbocycles. The number of benzene rings is 1. The Kier molecular flexibility index (Phi) is 5.05. The molecule has 4 aromatic rings. The molecule has 0 bridgehead atoms. The minimum atomic E-state index is -0.117. The quantitative estimate of drug-likeness (QED) is 0.533. The SMILES string of the molecule is CNC(=O)c1cccc(-c2cc(N3CCOCC3)nc3c(-c4ccn[nH]4)nccc23)c1. The molecule has 2 N–H and O–H groups in total. The lowest BCUT2D eigenvalue weighted by Gasteiger charge is -2.28. The zero-order chi connectivity index (χ0) is 21.2. The Bertz CT molecular complexity index is 1230. The summed E-state index contributed by atoms with van der Waals surface area (Å²) in [5, 5.41) is 10.7. The fraction of sp³-hybridized carbons (Fsp3) is 0.217. The number of pyridine rings is 2. The predicted octanol–water partition coefficient (Wildman–Crippen LogP) is 2.88. The maximum absolute atomic E-state index is 12.2. The third-order valence-electron chi connectivity index (χ3n) is 5.47. The Morgan fingerprint density at radius 3 is 2.77 bits per heavy atom. The van der Waals surface area contributed by atoms with E-state index in [1.807, 2.05) is 36.4 Å². The first kappa shape index (κ1) is 19.2. The third kappa shape index (κ3) is 3.62. The van der Waals surface area contributed by atoms with Crippen molar-refractivity contribution in [3.8, 4) is 22.5 Å². The van der Waals surface area contributed by atoms with E-state index in [1.165, 1.54) is 0 Å². The second kappa shape index (κ2) is 8.16. The van der Waals surface area contributed by atoms with Gasteiger partial charge in [0.05, 0.1) is 18.9 Å². The van der Waals surface area contributed by atoms with Gasteiger partial charge in [-0.05, 0) is 41.5 Å². The second-order valence-corrected chi connectivity index (χ2v) is 7.31. The number of aromatic nitrogens is 4. The number of ether oxygens (including phenoxy) is 1. The van der Waals surface area contributed by atoms with Gasteiger partial charge in [-0.2, -0.15) is 5.10 Å². The van der Waals surface area contributed by atoms with Crippen molar-refractivity contribution in [1.29, 1.82) is 0 Å². The number of hydrogen-bond acceptors (Lipinski definition) is 6. The Labute approximate surface area is 179 Å². The van der Waals surface area contributed by atoms with Crippen molar-refractivity contribution in [2.24, 2.45) is 0 Å². The summed E-state index contributed by atoms with van der Waals surface area (Å²) in [6, 6.07) is 13.6. The normalized spacial score (nSPS) is 14.0. The summed E-state index contributed by atoms with van der Waals surface area (Å²) >= 11 is 0. The van der Waals surface area contributed by atoms with Crippen molar-refractivity contribution in [3.05, 3.63) is 60.4 Å². The van der Waals surface area contributed by atoms with Gasteiger partial charge in [0, 0.05) is 43.5 Å². The highest BCUT2D eigenvalue weighted by atomic mass is 16.5. The molecule has 31 heavy (non-hydrogen) atoms. The van der Waals surface area contributed by atoms with E-state index in [2.05, 4.69) is 31.5 Å². The number of nitrogens with one attached hydrogen (secondary N) is 2. The van der Waals surface area contributed by atoms with Crippen LogP contribution < -0.4 is 10.2 Å². The number of nitrogens with zero attached hydrogens (tertiary/aromatic N) is 4. The molecule has 0 spiro atoms. The van der Waals surface area contributed by atoms with E-state index in [1.54, 1.807) is 19.4 Å². The molecule has 5 rings (SSSR count). The average molecular weight is 414 g/mol. The van der Waals surface area contributed by atoms with E-state index in [0.717, 1.165) is 52.3 Å². The molecule has 3 aromatic heterocycles. The summed E-state index contributed by atoms with van der Waals surface area (Å²) in [4.78, 5) is 24.0. The molecule has 0 atom stereocenters. The van der Waals surface area contributed by atoms with Gasteiger partial charge in [0.2, 0.25) is 0 Å². The highest BCUT2D eigenvalue weighted by Gasteiger charge is 2.19. The molecule has 0 radical (unpaired) electrons. The van der Waals surface area contributed by atoms with Gasteiger partial charge in [0.25, 0.3) is 5.91 Å². The van der Waals surface area contributed by atoms with Gasteiger partial charge in [-0.15, -0.1) is 0 Å². The van der Waals surface area contributed by atoms with Crippen molar-refractivity contribution in [2.45, 2.75) is 0 Å².